The highest BCUT2D eigenvalue weighted by Gasteiger charge is 2.25. The molecule has 3 rings (SSSR count). The zero-order chi connectivity index (χ0) is 16.1. The Morgan fingerprint density at radius 3 is 1.62 bits per heavy atom. The van der Waals surface area contributed by atoms with Gasteiger partial charge < -0.3 is 0 Å². The minimum atomic E-state index is 0. The summed E-state index contributed by atoms with van der Waals surface area (Å²) >= 11 is 0. The van der Waals surface area contributed by atoms with Gasteiger partial charge in [0.2, 0.25) is 0 Å². The fourth-order valence-corrected chi connectivity index (χ4v) is 2.83. The van der Waals surface area contributed by atoms with E-state index in [1.807, 2.05) is 72.8 Å². The van der Waals surface area contributed by atoms with E-state index in [0.717, 1.165) is 41.9 Å². The second-order valence-electron chi connectivity index (χ2n) is 5.79. The molecule has 0 bridgehead atoms. The van der Waals surface area contributed by atoms with Crippen molar-refractivity contribution < 1.29 is 4.79 Å². The predicted molar refractivity (Wildman–Crippen MR) is 103 cm³/mol. The lowest BCUT2D eigenvalue weighted by Gasteiger charge is -2.28. The average Bonchev–Trinajstić information content (AvgIpc) is 2.60. The van der Waals surface area contributed by atoms with Crippen molar-refractivity contribution in [1.29, 1.82) is 0 Å². The maximum Gasteiger partial charge on any atom is 0.187 e. The summed E-state index contributed by atoms with van der Waals surface area (Å²) in [4.78, 5) is 15.1. The van der Waals surface area contributed by atoms with Gasteiger partial charge in [0.15, 0.2) is 5.78 Å². The molecule has 0 aromatic heterocycles. The molecule has 2 aromatic rings. The van der Waals surface area contributed by atoms with E-state index >= 15 is 0 Å². The second-order valence-corrected chi connectivity index (χ2v) is 5.79. The monoisotopic (exact) mass is 339 g/mol. The Balaban J connectivity index is 0.00000208. The van der Waals surface area contributed by atoms with Crippen molar-refractivity contribution in [3.05, 3.63) is 82.9 Å². The normalized spacial score (nSPS) is 18.6. The smallest absolute Gasteiger partial charge is 0.187 e. The molecule has 1 aliphatic heterocycles. The van der Waals surface area contributed by atoms with Gasteiger partial charge in [-0.15, -0.1) is 12.4 Å². The highest BCUT2D eigenvalue weighted by Crippen LogP contribution is 2.21. The third kappa shape index (κ3) is 4.44. The van der Waals surface area contributed by atoms with Crippen LogP contribution in [0.25, 0.3) is 12.2 Å². The molecule has 0 unspecified atom stereocenters. The maximum absolute atomic E-state index is 12.8. The standard InChI is InChI=1S/C21H21NO.ClH/c1-2-22-15-19(13-17-9-5-3-6-10-17)21(23)20(16-22)14-18-11-7-4-8-12-18;/h3-14H,2,15-16H2,1H3;1H/b19-13+,20-14+;. The predicted octanol–water partition coefficient (Wildman–Crippen LogP) is 4.48. The van der Waals surface area contributed by atoms with Crippen molar-refractivity contribution in [3.63, 3.8) is 0 Å². The Labute approximate surface area is 149 Å². The molecule has 0 N–H and O–H groups in total. The molecule has 0 amide bonds. The van der Waals surface area contributed by atoms with Gasteiger partial charge in [-0.3, -0.25) is 9.69 Å². The third-order valence-electron chi connectivity index (χ3n) is 4.10. The molecule has 0 aliphatic carbocycles. The van der Waals surface area contributed by atoms with Crippen molar-refractivity contribution in [2.24, 2.45) is 0 Å². The van der Waals surface area contributed by atoms with Gasteiger partial charge in [0.05, 0.1) is 0 Å². The van der Waals surface area contributed by atoms with Gasteiger partial charge in [-0.05, 0) is 29.8 Å². The van der Waals surface area contributed by atoms with E-state index in [1.54, 1.807) is 0 Å². The molecular formula is C21H22ClNO. The Bertz CT molecular complexity index is 673. The zero-order valence-electron chi connectivity index (χ0n) is 13.8. The zero-order valence-corrected chi connectivity index (χ0v) is 14.6. The Morgan fingerprint density at radius 1 is 0.833 bits per heavy atom. The highest BCUT2D eigenvalue weighted by molar-refractivity contribution is 6.14. The van der Waals surface area contributed by atoms with E-state index < -0.39 is 0 Å². The molecule has 1 fully saturated rings. The number of likely N-dealkylation sites (N-methyl/N-ethyl adjacent to an activating group) is 1. The van der Waals surface area contributed by atoms with E-state index in [4.69, 9.17) is 0 Å². The second kappa shape index (κ2) is 8.62. The van der Waals surface area contributed by atoms with Crippen LogP contribution >= 0.6 is 12.4 Å². The van der Waals surface area contributed by atoms with Crippen LogP contribution in [0.3, 0.4) is 0 Å². The first kappa shape index (κ1) is 18.2. The summed E-state index contributed by atoms with van der Waals surface area (Å²) in [5.41, 5.74) is 3.89. The fraction of sp³-hybridized carbons (Fsp3) is 0.190. The quantitative estimate of drug-likeness (QED) is 0.768. The van der Waals surface area contributed by atoms with Gasteiger partial charge >= 0.3 is 0 Å². The molecule has 124 valence electrons. The Kier molecular flexibility index (Phi) is 6.53. The van der Waals surface area contributed by atoms with Crippen molar-refractivity contribution in [3.8, 4) is 0 Å². The number of carbonyl (C=O) groups is 1. The number of hydrogen-bond donors (Lipinski definition) is 0. The first-order valence-electron chi connectivity index (χ1n) is 8.04. The minimum Gasteiger partial charge on any atom is -0.295 e. The highest BCUT2D eigenvalue weighted by atomic mass is 35.5. The van der Waals surface area contributed by atoms with Crippen molar-refractivity contribution >= 4 is 30.3 Å². The van der Waals surface area contributed by atoms with Crippen LogP contribution < -0.4 is 0 Å². The van der Waals surface area contributed by atoms with E-state index in [9.17, 15) is 4.79 Å². The molecule has 2 nitrogen and oxygen atoms in total. The van der Waals surface area contributed by atoms with Crippen LogP contribution in [0.2, 0.25) is 0 Å². The van der Waals surface area contributed by atoms with Gasteiger partial charge in [-0.2, -0.15) is 0 Å². The Hall–Kier alpha value is -2.16. The summed E-state index contributed by atoms with van der Waals surface area (Å²) in [5.74, 6) is 0.169. The van der Waals surface area contributed by atoms with E-state index in [2.05, 4.69) is 11.8 Å². The summed E-state index contributed by atoms with van der Waals surface area (Å²) in [6, 6.07) is 20.1. The van der Waals surface area contributed by atoms with Gasteiger partial charge in [0, 0.05) is 24.2 Å². The third-order valence-corrected chi connectivity index (χ3v) is 4.10. The van der Waals surface area contributed by atoms with Crippen molar-refractivity contribution in [2.75, 3.05) is 19.6 Å². The average molecular weight is 340 g/mol. The van der Waals surface area contributed by atoms with Crippen molar-refractivity contribution in [2.45, 2.75) is 6.92 Å². The summed E-state index contributed by atoms with van der Waals surface area (Å²) in [5, 5.41) is 0. The van der Waals surface area contributed by atoms with Gasteiger partial charge in [-0.25, -0.2) is 0 Å². The fourth-order valence-electron chi connectivity index (χ4n) is 2.83. The summed E-state index contributed by atoms with van der Waals surface area (Å²) in [6.07, 6.45) is 4.03. The van der Waals surface area contributed by atoms with Crippen molar-refractivity contribution in [1.82, 2.24) is 4.90 Å². The van der Waals surface area contributed by atoms with Crippen LogP contribution in [-0.2, 0) is 4.79 Å². The van der Waals surface area contributed by atoms with Gasteiger partial charge in [0.1, 0.15) is 0 Å². The first-order valence-corrected chi connectivity index (χ1v) is 8.04. The molecule has 0 spiro atoms. The summed E-state index contributed by atoms with van der Waals surface area (Å²) in [6.45, 7) is 4.51. The topological polar surface area (TPSA) is 20.3 Å². The maximum atomic E-state index is 12.8. The van der Waals surface area contributed by atoms with E-state index in [1.165, 1.54) is 0 Å². The number of hydrogen-bond acceptors (Lipinski definition) is 2. The molecular weight excluding hydrogens is 318 g/mol. The summed E-state index contributed by atoms with van der Waals surface area (Å²) < 4.78 is 0. The van der Waals surface area contributed by atoms with Crippen LogP contribution in [0.1, 0.15) is 18.1 Å². The molecule has 24 heavy (non-hydrogen) atoms. The number of carbonyl (C=O) groups excluding carboxylic acids is 1. The number of halogens is 1. The lowest BCUT2D eigenvalue weighted by atomic mass is 9.94. The van der Waals surface area contributed by atoms with E-state index in [-0.39, 0.29) is 18.2 Å². The molecule has 0 radical (unpaired) electrons. The molecule has 3 heteroatoms. The van der Waals surface area contributed by atoms with Gasteiger partial charge in [-0.1, -0.05) is 67.6 Å². The molecule has 0 saturated carbocycles. The van der Waals surface area contributed by atoms with Crippen LogP contribution in [0, 0.1) is 0 Å². The Morgan fingerprint density at radius 2 is 1.25 bits per heavy atom. The van der Waals surface area contributed by atoms with Crippen LogP contribution in [0.4, 0.5) is 0 Å². The lowest BCUT2D eigenvalue weighted by molar-refractivity contribution is -0.113. The molecule has 1 aliphatic rings. The van der Waals surface area contributed by atoms with Crippen LogP contribution in [-0.4, -0.2) is 30.3 Å². The molecule has 2 aromatic carbocycles. The summed E-state index contributed by atoms with van der Waals surface area (Å²) in [7, 11) is 0. The SMILES string of the molecule is CCN1C/C(=C\c2ccccc2)C(=O)/C(=C/c2ccccc2)C1.Cl. The van der Waals surface area contributed by atoms with Crippen LogP contribution in [0.5, 0.6) is 0 Å². The first-order chi connectivity index (χ1) is 11.3. The number of benzene rings is 2. The number of nitrogens with zero attached hydrogens (tertiary/aromatic N) is 1. The lowest BCUT2D eigenvalue weighted by Crippen LogP contribution is -2.37. The number of likely N-dealkylation sites (tertiary alicyclic amines) is 1. The van der Waals surface area contributed by atoms with Gasteiger partial charge in [0.25, 0.3) is 0 Å². The minimum absolute atomic E-state index is 0. The van der Waals surface area contributed by atoms with E-state index in [0.29, 0.717) is 0 Å². The molecule has 0 atom stereocenters. The van der Waals surface area contributed by atoms with Crippen LogP contribution in [0.15, 0.2) is 71.8 Å². The number of ketones is 1. The number of piperidine rings is 1. The number of rotatable bonds is 3. The number of Topliss-reactive ketones (excluding diaryl/α,β-unsaturated/α-hetero) is 1. The molecule has 1 heterocycles. The molecule has 1 saturated heterocycles. The largest absolute Gasteiger partial charge is 0.295 e.